The van der Waals surface area contributed by atoms with Crippen molar-refractivity contribution in [3.63, 3.8) is 0 Å². The van der Waals surface area contributed by atoms with E-state index in [2.05, 4.69) is 38.2 Å². The predicted molar refractivity (Wildman–Crippen MR) is 78.3 cm³/mol. The minimum atomic E-state index is -0.615. The maximum atomic E-state index is 12.0. The van der Waals surface area contributed by atoms with E-state index in [0.717, 1.165) is 5.56 Å². The van der Waals surface area contributed by atoms with Crippen LogP contribution in [0.2, 0.25) is 0 Å². The first kappa shape index (κ1) is 15.7. The van der Waals surface area contributed by atoms with Crippen molar-refractivity contribution < 1.29 is 9.53 Å². The molecular weight excluding hydrogens is 238 g/mol. The van der Waals surface area contributed by atoms with E-state index in [1.165, 1.54) is 23.8 Å². The highest BCUT2D eigenvalue weighted by molar-refractivity contribution is 5.77. The summed E-state index contributed by atoms with van der Waals surface area (Å²) < 4.78 is 4.93. The monoisotopic (exact) mass is 263 g/mol. The van der Waals surface area contributed by atoms with Crippen molar-refractivity contribution in [1.82, 2.24) is 5.32 Å². The third-order valence-corrected chi connectivity index (χ3v) is 4.13. The molecule has 0 heterocycles. The third-order valence-electron chi connectivity index (χ3n) is 4.13. The fourth-order valence-corrected chi connectivity index (χ4v) is 2.58. The molecule has 1 aromatic rings. The van der Waals surface area contributed by atoms with Crippen LogP contribution in [0.15, 0.2) is 12.1 Å². The van der Waals surface area contributed by atoms with E-state index in [4.69, 9.17) is 4.74 Å². The van der Waals surface area contributed by atoms with Gasteiger partial charge in [0.2, 0.25) is 0 Å². The molecule has 0 radical (unpaired) electrons. The Hall–Kier alpha value is -1.35. The second-order valence-electron chi connectivity index (χ2n) is 5.66. The lowest BCUT2D eigenvalue weighted by molar-refractivity contribution is -0.152. The van der Waals surface area contributed by atoms with Crippen molar-refractivity contribution in [2.45, 2.75) is 40.7 Å². The highest BCUT2D eigenvalue weighted by atomic mass is 16.5. The molecule has 0 aromatic heterocycles. The van der Waals surface area contributed by atoms with Gasteiger partial charge in [0.25, 0.3) is 0 Å². The fourth-order valence-electron chi connectivity index (χ4n) is 2.58. The number of carbonyl (C=O) groups is 1. The molecule has 3 heteroatoms. The Morgan fingerprint density at radius 2 is 1.79 bits per heavy atom. The van der Waals surface area contributed by atoms with Crippen molar-refractivity contribution in [3.05, 3.63) is 34.4 Å². The van der Waals surface area contributed by atoms with E-state index >= 15 is 0 Å². The molecule has 0 saturated carbocycles. The van der Waals surface area contributed by atoms with Crippen LogP contribution >= 0.6 is 0 Å². The van der Waals surface area contributed by atoms with Gasteiger partial charge in [0.15, 0.2) is 0 Å². The van der Waals surface area contributed by atoms with Crippen LogP contribution in [0, 0.1) is 26.2 Å². The summed E-state index contributed by atoms with van der Waals surface area (Å²) in [6.07, 6.45) is 0. The molecule has 0 aliphatic rings. The van der Waals surface area contributed by atoms with Gasteiger partial charge in [-0.3, -0.25) is 4.79 Å². The minimum Gasteiger partial charge on any atom is -0.469 e. The largest absolute Gasteiger partial charge is 0.469 e. The quantitative estimate of drug-likeness (QED) is 0.848. The molecule has 0 amide bonds. The Kier molecular flexibility index (Phi) is 4.75. The van der Waals surface area contributed by atoms with Gasteiger partial charge < -0.3 is 10.1 Å². The molecule has 0 fully saturated rings. The molecule has 1 unspecified atom stereocenters. The van der Waals surface area contributed by atoms with E-state index in [1.54, 1.807) is 0 Å². The standard InChI is InChI=1S/C16H25NO2/c1-10-8-9-13(12(3)11(10)2)14(17-6)16(4,5)15(18)19-7/h8-9,14,17H,1-7H3. The maximum absolute atomic E-state index is 12.0. The zero-order chi connectivity index (χ0) is 14.8. The molecule has 1 atom stereocenters. The first-order chi connectivity index (χ1) is 8.77. The second-order valence-corrected chi connectivity index (χ2v) is 5.66. The topological polar surface area (TPSA) is 38.3 Å². The van der Waals surface area contributed by atoms with Gasteiger partial charge in [-0.25, -0.2) is 0 Å². The van der Waals surface area contributed by atoms with E-state index in [-0.39, 0.29) is 12.0 Å². The Morgan fingerprint density at radius 1 is 1.21 bits per heavy atom. The number of ether oxygens (including phenoxy) is 1. The van der Waals surface area contributed by atoms with Gasteiger partial charge in [0.05, 0.1) is 12.5 Å². The average molecular weight is 263 g/mol. The molecule has 0 aliphatic heterocycles. The molecule has 1 aromatic carbocycles. The van der Waals surface area contributed by atoms with Crippen LogP contribution in [0.3, 0.4) is 0 Å². The van der Waals surface area contributed by atoms with Crippen LogP contribution in [0.4, 0.5) is 0 Å². The molecule has 0 saturated heterocycles. The molecule has 0 aliphatic carbocycles. The first-order valence-electron chi connectivity index (χ1n) is 6.59. The van der Waals surface area contributed by atoms with Crippen molar-refractivity contribution in [3.8, 4) is 0 Å². The molecule has 1 N–H and O–H groups in total. The van der Waals surface area contributed by atoms with Gasteiger partial charge in [-0.15, -0.1) is 0 Å². The van der Waals surface area contributed by atoms with E-state index in [1.807, 2.05) is 20.9 Å². The lowest BCUT2D eigenvalue weighted by atomic mass is 9.78. The second kappa shape index (κ2) is 5.74. The highest BCUT2D eigenvalue weighted by Gasteiger charge is 2.38. The van der Waals surface area contributed by atoms with Crippen molar-refractivity contribution in [2.75, 3.05) is 14.2 Å². The Bertz CT molecular complexity index is 478. The van der Waals surface area contributed by atoms with Crippen LogP contribution in [0.5, 0.6) is 0 Å². The molecule has 0 spiro atoms. The molecule has 19 heavy (non-hydrogen) atoms. The summed E-state index contributed by atoms with van der Waals surface area (Å²) >= 11 is 0. The molecule has 1 rings (SSSR count). The summed E-state index contributed by atoms with van der Waals surface area (Å²) in [4.78, 5) is 12.0. The number of nitrogens with one attached hydrogen (secondary N) is 1. The number of benzene rings is 1. The van der Waals surface area contributed by atoms with Crippen molar-refractivity contribution >= 4 is 5.97 Å². The summed E-state index contributed by atoms with van der Waals surface area (Å²) in [7, 11) is 3.31. The molecule has 0 bridgehead atoms. The van der Waals surface area contributed by atoms with Crippen LogP contribution in [-0.2, 0) is 9.53 Å². The fraction of sp³-hybridized carbons (Fsp3) is 0.562. The zero-order valence-corrected chi connectivity index (χ0v) is 13.0. The van der Waals surface area contributed by atoms with E-state index in [9.17, 15) is 4.79 Å². The number of hydrogen-bond donors (Lipinski definition) is 1. The lowest BCUT2D eigenvalue weighted by Crippen LogP contribution is -2.39. The number of carbonyl (C=O) groups excluding carboxylic acids is 1. The molecule has 3 nitrogen and oxygen atoms in total. The zero-order valence-electron chi connectivity index (χ0n) is 13.0. The Balaban J connectivity index is 3.33. The van der Waals surface area contributed by atoms with Crippen molar-refractivity contribution in [2.24, 2.45) is 5.41 Å². The maximum Gasteiger partial charge on any atom is 0.313 e. The summed E-state index contributed by atoms with van der Waals surface area (Å²) in [5.74, 6) is -0.204. The number of rotatable bonds is 4. The average Bonchev–Trinajstić information content (AvgIpc) is 2.38. The predicted octanol–water partition coefficient (Wildman–Crippen LogP) is 3.07. The molecule has 106 valence electrons. The van der Waals surface area contributed by atoms with Gasteiger partial charge in [-0.2, -0.15) is 0 Å². The Morgan fingerprint density at radius 3 is 2.26 bits per heavy atom. The van der Waals surface area contributed by atoms with E-state index in [0.29, 0.717) is 0 Å². The van der Waals surface area contributed by atoms with Gasteiger partial charge in [-0.1, -0.05) is 12.1 Å². The van der Waals surface area contributed by atoms with Gasteiger partial charge in [-0.05, 0) is 63.9 Å². The van der Waals surface area contributed by atoms with Gasteiger partial charge >= 0.3 is 5.97 Å². The highest BCUT2D eigenvalue weighted by Crippen LogP contribution is 2.36. The number of hydrogen-bond acceptors (Lipinski definition) is 3. The SMILES string of the molecule is CNC(c1ccc(C)c(C)c1C)C(C)(C)C(=O)OC. The lowest BCUT2D eigenvalue weighted by Gasteiger charge is -2.33. The number of methoxy groups -OCH3 is 1. The third kappa shape index (κ3) is 2.81. The van der Waals surface area contributed by atoms with E-state index < -0.39 is 5.41 Å². The summed E-state index contributed by atoms with van der Waals surface area (Å²) in [6, 6.07) is 4.14. The van der Waals surface area contributed by atoms with Crippen LogP contribution in [0.25, 0.3) is 0 Å². The van der Waals surface area contributed by atoms with Crippen LogP contribution in [0.1, 0.15) is 42.1 Å². The summed E-state index contributed by atoms with van der Waals surface area (Å²) in [5, 5.41) is 3.26. The molecular formula is C16H25NO2. The van der Waals surface area contributed by atoms with Gasteiger partial charge in [0.1, 0.15) is 0 Å². The van der Waals surface area contributed by atoms with Crippen molar-refractivity contribution in [1.29, 1.82) is 0 Å². The Labute approximate surface area is 116 Å². The van der Waals surface area contributed by atoms with Gasteiger partial charge in [0, 0.05) is 6.04 Å². The first-order valence-corrected chi connectivity index (χ1v) is 6.59. The number of esters is 1. The summed E-state index contributed by atoms with van der Waals surface area (Å²) in [5.41, 5.74) is 4.32. The summed E-state index contributed by atoms with van der Waals surface area (Å²) in [6.45, 7) is 10.1. The number of aryl methyl sites for hydroxylation is 1. The van der Waals surface area contributed by atoms with Crippen LogP contribution < -0.4 is 5.32 Å². The van der Waals surface area contributed by atoms with Crippen LogP contribution in [-0.4, -0.2) is 20.1 Å². The normalized spacial score (nSPS) is 13.2. The minimum absolute atomic E-state index is 0.0701. The smallest absolute Gasteiger partial charge is 0.313 e.